The number of allylic oxidation sites excluding steroid dienone is 18. The minimum atomic E-state index is -4.58. The van der Waals surface area contributed by atoms with E-state index in [0.717, 1.165) is 109 Å². The number of aliphatic hydroxyl groups excluding tert-OH is 1. The highest BCUT2D eigenvalue weighted by Crippen LogP contribution is 2.38. The van der Waals surface area contributed by atoms with Gasteiger partial charge in [-0.2, -0.15) is 0 Å². The first-order valence-corrected chi connectivity index (χ1v) is 30.7. The number of carbonyl (C=O) groups is 1. The largest absolute Gasteiger partial charge is 0.756 e. The van der Waals surface area contributed by atoms with Crippen molar-refractivity contribution in [2.24, 2.45) is 0 Å². The van der Waals surface area contributed by atoms with Gasteiger partial charge in [0.25, 0.3) is 7.82 Å². The van der Waals surface area contributed by atoms with Crippen molar-refractivity contribution >= 4 is 13.7 Å². The zero-order valence-electron chi connectivity index (χ0n) is 47.1. The molecule has 0 spiro atoms. The molecule has 0 heterocycles. The van der Waals surface area contributed by atoms with E-state index in [0.29, 0.717) is 23.9 Å². The summed E-state index contributed by atoms with van der Waals surface area (Å²) in [5, 5.41) is 14.0. The molecule has 0 aromatic rings. The fourth-order valence-electron chi connectivity index (χ4n) is 7.97. The number of quaternary nitrogens is 1. The monoisotopic (exact) mass is 1020 g/mol. The van der Waals surface area contributed by atoms with E-state index in [2.05, 4.69) is 129 Å². The van der Waals surface area contributed by atoms with E-state index in [4.69, 9.17) is 9.05 Å². The molecule has 72 heavy (non-hydrogen) atoms. The quantitative estimate of drug-likeness (QED) is 0.0272. The van der Waals surface area contributed by atoms with Crippen LogP contribution in [-0.2, 0) is 18.4 Å². The van der Waals surface area contributed by atoms with Gasteiger partial charge < -0.3 is 28.8 Å². The third kappa shape index (κ3) is 54.9. The molecule has 0 rings (SSSR count). The van der Waals surface area contributed by atoms with Crippen LogP contribution in [-0.4, -0.2) is 68.5 Å². The van der Waals surface area contributed by atoms with Gasteiger partial charge in [-0.05, 0) is 83.5 Å². The van der Waals surface area contributed by atoms with E-state index in [1.807, 2.05) is 21.1 Å². The molecule has 8 nitrogen and oxygen atoms in total. The van der Waals surface area contributed by atoms with Gasteiger partial charge in [0.1, 0.15) is 13.2 Å². The highest BCUT2D eigenvalue weighted by Gasteiger charge is 2.24. The van der Waals surface area contributed by atoms with Crippen LogP contribution in [0.4, 0.5) is 0 Å². The van der Waals surface area contributed by atoms with Gasteiger partial charge in [0.15, 0.2) is 0 Å². The zero-order chi connectivity index (χ0) is 52.7. The van der Waals surface area contributed by atoms with E-state index in [1.54, 1.807) is 0 Å². The van der Waals surface area contributed by atoms with Gasteiger partial charge in [0, 0.05) is 6.42 Å². The van der Waals surface area contributed by atoms with Crippen molar-refractivity contribution in [1.82, 2.24) is 5.32 Å². The third-order valence-electron chi connectivity index (χ3n) is 12.5. The number of likely N-dealkylation sites (N-methyl/N-ethyl adjacent to an activating group) is 1. The molecule has 0 aromatic heterocycles. The maximum absolute atomic E-state index is 13.0. The van der Waals surface area contributed by atoms with Crippen LogP contribution in [0, 0.1) is 0 Å². The Labute approximate surface area is 444 Å². The second-order valence-electron chi connectivity index (χ2n) is 20.6. The maximum atomic E-state index is 13.0. The lowest BCUT2D eigenvalue weighted by atomic mass is 10.0. The molecule has 0 radical (unpaired) electrons. The van der Waals surface area contributed by atoms with Gasteiger partial charge in [-0.25, -0.2) is 0 Å². The minimum absolute atomic E-state index is 0.00460. The van der Waals surface area contributed by atoms with Crippen LogP contribution in [0.2, 0.25) is 0 Å². The SMILES string of the molecule is CC/C=C\C/C=C\C/C=C\C/C=C\C/C=C\C/C=C\C/C=C\C/C=C\C/C=C\CCCCCCCCCC(=O)NC(COP(=O)([O-])OCC[N+](C)(C)C)C(O)CCCCCCCCCCCCCCCCC. The Bertz CT molecular complexity index is 1540. The van der Waals surface area contributed by atoms with Crippen LogP contribution in [0.25, 0.3) is 0 Å². The van der Waals surface area contributed by atoms with Crippen molar-refractivity contribution in [3.05, 3.63) is 109 Å². The lowest BCUT2D eigenvalue weighted by Crippen LogP contribution is -2.46. The van der Waals surface area contributed by atoms with E-state index < -0.39 is 20.0 Å². The number of hydrogen-bond donors (Lipinski definition) is 2. The Balaban J connectivity index is 4.17. The topological polar surface area (TPSA) is 108 Å². The van der Waals surface area contributed by atoms with Crippen molar-refractivity contribution in [3.8, 4) is 0 Å². The van der Waals surface area contributed by atoms with Crippen LogP contribution >= 0.6 is 7.82 Å². The Kier molecular flexibility index (Phi) is 50.9. The molecule has 1 amide bonds. The molecule has 0 fully saturated rings. The molecule has 0 aliphatic heterocycles. The molecule has 0 bridgehead atoms. The standard InChI is InChI=1S/C63H111N2O6P/c1-6-8-10-12-14-16-18-20-22-23-24-25-26-27-28-29-30-31-32-33-34-35-36-37-38-39-40-41-43-45-47-49-51-53-55-57-63(67)64-61(60-71-72(68,69)70-59-58-65(3,4)5)62(66)56-54-52-50-48-46-44-42-21-19-17-15-13-11-9-7-2/h8,10,14,16,20,22,24-25,27-28,30-31,33-34,36-37,39-40,61-62,66H,6-7,9,11-13,15,17-19,21,23,26,29,32,35,38,41-60H2,1-5H3,(H-,64,67,68,69)/b10-8-,16-14-,22-20-,25-24-,28-27-,31-30-,34-33-,37-36-,40-39-. The molecule has 3 unspecified atom stereocenters. The van der Waals surface area contributed by atoms with E-state index in [1.165, 1.54) is 96.3 Å². The number of nitrogens with zero attached hydrogens (tertiary/aromatic N) is 1. The summed E-state index contributed by atoms with van der Waals surface area (Å²) < 4.78 is 23.4. The molecule has 9 heteroatoms. The van der Waals surface area contributed by atoms with Crippen molar-refractivity contribution < 1.29 is 32.9 Å². The molecule has 0 saturated carbocycles. The van der Waals surface area contributed by atoms with Gasteiger partial charge in [-0.15, -0.1) is 0 Å². The van der Waals surface area contributed by atoms with Gasteiger partial charge in [0.05, 0.1) is 39.9 Å². The molecule has 414 valence electrons. The first-order chi connectivity index (χ1) is 35.0. The molecule has 2 N–H and O–H groups in total. The van der Waals surface area contributed by atoms with E-state index >= 15 is 0 Å². The molecular formula is C63H111N2O6P. The van der Waals surface area contributed by atoms with Crippen LogP contribution in [0.5, 0.6) is 0 Å². The van der Waals surface area contributed by atoms with E-state index in [-0.39, 0.29) is 19.1 Å². The fraction of sp³-hybridized carbons (Fsp3) is 0.698. The molecule has 0 aliphatic carbocycles. The zero-order valence-corrected chi connectivity index (χ0v) is 48.0. The minimum Gasteiger partial charge on any atom is -0.756 e. The van der Waals surface area contributed by atoms with Crippen LogP contribution < -0.4 is 10.2 Å². The molecule has 0 saturated heterocycles. The van der Waals surface area contributed by atoms with Crippen molar-refractivity contribution in [1.29, 1.82) is 0 Å². The van der Waals surface area contributed by atoms with Crippen LogP contribution in [0.3, 0.4) is 0 Å². The van der Waals surface area contributed by atoms with Gasteiger partial charge in [-0.3, -0.25) is 9.36 Å². The summed E-state index contributed by atoms with van der Waals surface area (Å²) in [5.74, 6) is -0.180. The number of unbranched alkanes of at least 4 members (excludes halogenated alkanes) is 21. The lowest BCUT2D eigenvalue weighted by Gasteiger charge is -2.30. The second-order valence-corrected chi connectivity index (χ2v) is 22.0. The van der Waals surface area contributed by atoms with Crippen LogP contribution in [0.1, 0.15) is 232 Å². The summed E-state index contributed by atoms with van der Waals surface area (Å²) in [6.07, 6.45) is 76.9. The average molecular weight is 1020 g/mol. The summed E-state index contributed by atoms with van der Waals surface area (Å²) in [5.41, 5.74) is 0. The molecule has 0 aromatic carbocycles. The van der Waals surface area contributed by atoms with Crippen molar-refractivity contribution in [3.63, 3.8) is 0 Å². The second kappa shape index (κ2) is 53.0. The number of nitrogens with one attached hydrogen (secondary N) is 1. The Morgan fingerprint density at radius 3 is 1.24 bits per heavy atom. The summed E-state index contributed by atoms with van der Waals surface area (Å²) >= 11 is 0. The number of phosphoric ester groups is 1. The molecule has 3 atom stereocenters. The summed E-state index contributed by atoms with van der Waals surface area (Å²) in [6.45, 7) is 4.59. The molecule has 0 aliphatic rings. The summed E-state index contributed by atoms with van der Waals surface area (Å²) in [6, 6.07) is -0.814. The fourth-order valence-corrected chi connectivity index (χ4v) is 8.70. The Morgan fingerprint density at radius 1 is 0.500 bits per heavy atom. The predicted molar refractivity (Wildman–Crippen MR) is 311 cm³/mol. The van der Waals surface area contributed by atoms with Crippen molar-refractivity contribution in [2.45, 2.75) is 244 Å². The first kappa shape index (κ1) is 69.2. The highest BCUT2D eigenvalue weighted by atomic mass is 31.2. The van der Waals surface area contributed by atoms with Gasteiger partial charge >= 0.3 is 0 Å². The predicted octanol–water partition coefficient (Wildman–Crippen LogP) is 17.3. The normalized spacial score (nSPS) is 14.7. The van der Waals surface area contributed by atoms with Crippen molar-refractivity contribution in [2.75, 3.05) is 40.9 Å². The van der Waals surface area contributed by atoms with Gasteiger partial charge in [-0.1, -0.05) is 252 Å². The van der Waals surface area contributed by atoms with E-state index in [9.17, 15) is 19.4 Å². The number of aliphatic hydroxyl groups is 1. The highest BCUT2D eigenvalue weighted by molar-refractivity contribution is 7.45. The first-order valence-electron chi connectivity index (χ1n) is 29.2. The lowest BCUT2D eigenvalue weighted by molar-refractivity contribution is -0.870. The smallest absolute Gasteiger partial charge is 0.268 e. The number of carbonyl (C=O) groups excluding carboxylic acids is 1. The number of rotatable bonds is 52. The Morgan fingerprint density at radius 2 is 0.847 bits per heavy atom. The van der Waals surface area contributed by atoms with Gasteiger partial charge in [0.2, 0.25) is 5.91 Å². The summed E-state index contributed by atoms with van der Waals surface area (Å²) in [7, 11) is 1.28. The number of phosphoric acid groups is 1. The number of hydrogen-bond acceptors (Lipinski definition) is 6. The average Bonchev–Trinajstić information content (AvgIpc) is 3.34. The maximum Gasteiger partial charge on any atom is 0.268 e. The number of amides is 1. The summed E-state index contributed by atoms with van der Waals surface area (Å²) in [4.78, 5) is 25.5. The Hall–Kier alpha value is -2.84. The van der Waals surface area contributed by atoms with Crippen LogP contribution in [0.15, 0.2) is 109 Å². The molecular weight excluding hydrogens is 912 g/mol. The third-order valence-corrected chi connectivity index (χ3v) is 13.5.